The highest BCUT2D eigenvalue weighted by molar-refractivity contribution is 7.23. The van der Waals surface area contributed by atoms with E-state index in [0.717, 1.165) is 43.6 Å². The number of fused-ring (bicyclic) bond motifs is 4. The van der Waals surface area contributed by atoms with E-state index < -0.39 is 23.3 Å². The first kappa shape index (κ1) is 31.2. The third-order valence-corrected chi connectivity index (χ3v) is 11.9. The van der Waals surface area contributed by atoms with E-state index in [1.165, 1.54) is 12.1 Å². The second-order valence-electron chi connectivity index (χ2n) is 13.3. The second-order valence-corrected chi connectivity index (χ2v) is 14.7. The third kappa shape index (κ3) is 4.81. The van der Waals surface area contributed by atoms with Crippen molar-refractivity contribution < 1.29 is 22.6 Å². The molecule has 0 radical (unpaired) electrons. The third-order valence-electron chi connectivity index (χ3n) is 10.5. The van der Waals surface area contributed by atoms with Gasteiger partial charge < -0.3 is 20.1 Å². The summed E-state index contributed by atoms with van der Waals surface area (Å²) in [7, 11) is 0. The van der Waals surface area contributed by atoms with Crippen molar-refractivity contribution in [2.45, 2.75) is 62.7 Å². The number of nitriles is 2. The number of nitrogens with two attached hydrogens (primary N) is 1. The predicted octanol–water partition coefficient (Wildman–Crippen LogP) is 7.13. The zero-order valence-corrected chi connectivity index (χ0v) is 27.4. The summed E-state index contributed by atoms with van der Waals surface area (Å²) in [5.41, 5.74) is 5.62. The molecular weight excluding hydrogens is 663 g/mol. The zero-order valence-electron chi connectivity index (χ0n) is 25.9. The summed E-state index contributed by atoms with van der Waals surface area (Å²) in [6.07, 6.45) is 3.81. The van der Waals surface area contributed by atoms with Crippen molar-refractivity contribution in [3.8, 4) is 35.0 Å². The van der Waals surface area contributed by atoms with E-state index in [4.69, 9.17) is 31.8 Å². The van der Waals surface area contributed by atoms with Crippen LogP contribution in [-0.2, 0) is 0 Å². The monoisotopic (exact) mass is 693 g/mol. The quantitative estimate of drug-likeness (QED) is 0.232. The zero-order chi connectivity index (χ0) is 33.3. The number of hydrogen-bond acceptors (Lipinski definition) is 10. The summed E-state index contributed by atoms with van der Waals surface area (Å²) in [5.74, 6) is -0.671. The molecular formula is C34H31ClF3N7O2S. The van der Waals surface area contributed by atoms with Gasteiger partial charge in [-0.3, -0.25) is 4.90 Å². The molecule has 3 fully saturated rings. The number of benzene rings is 2. The largest absolute Gasteiger partial charge is 0.489 e. The molecule has 2 aromatic carbocycles. The Labute approximate surface area is 283 Å². The lowest BCUT2D eigenvalue weighted by atomic mass is 9.94. The van der Waals surface area contributed by atoms with Crippen LogP contribution in [0.25, 0.3) is 32.1 Å². The highest BCUT2D eigenvalue weighted by Gasteiger charge is 2.49. The fraction of sp³-hybridized carbons (Fsp3) is 0.471. The van der Waals surface area contributed by atoms with Gasteiger partial charge in [0.25, 0.3) is 0 Å². The molecule has 4 aliphatic rings. The Bertz CT molecular complexity index is 2070. The Morgan fingerprint density at radius 1 is 1.19 bits per heavy atom. The molecule has 6 heterocycles. The summed E-state index contributed by atoms with van der Waals surface area (Å²) in [6, 6.07) is 6.65. The number of halogens is 4. The molecule has 2 aromatic heterocycles. The first-order valence-electron chi connectivity index (χ1n) is 16.1. The summed E-state index contributed by atoms with van der Waals surface area (Å²) in [4.78, 5) is 13.7. The maximum atomic E-state index is 17.2. The average Bonchev–Trinajstić information content (AvgIpc) is 3.61. The maximum Gasteiger partial charge on any atom is 0.319 e. The van der Waals surface area contributed by atoms with Crippen molar-refractivity contribution in [2.24, 2.45) is 5.92 Å². The van der Waals surface area contributed by atoms with Crippen molar-refractivity contribution in [1.29, 1.82) is 10.5 Å². The smallest absolute Gasteiger partial charge is 0.319 e. The van der Waals surface area contributed by atoms with Gasteiger partial charge in [-0.05, 0) is 56.2 Å². The molecule has 0 bridgehead atoms. The van der Waals surface area contributed by atoms with Crippen molar-refractivity contribution in [1.82, 2.24) is 14.9 Å². The molecule has 3 saturated heterocycles. The maximum absolute atomic E-state index is 17.2. The molecule has 4 aromatic rings. The molecule has 0 amide bonds. The molecule has 14 heteroatoms. The van der Waals surface area contributed by atoms with Crippen molar-refractivity contribution >= 4 is 54.7 Å². The van der Waals surface area contributed by atoms with Gasteiger partial charge in [0.2, 0.25) is 0 Å². The Morgan fingerprint density at radius 3 is 2.85 bits per heavy atom. The van der Waals surface area contributed by atoms with E-state index in [0.29, 0.717) is 38.2 Å². The molecule has 0 aliphatic carbocycles. The molecule has 2 unspecified atom stereocenters. The minimum absolute atomic E-state index is 0.0271. The molecule has 0 saturated carbocycles. The van der Waals surface area contributed by atoms with E-state index in [1.807, 2.05) is 6.07 Å². The average molecular weight is 694 g/mol. The molecule has 8 rings (SSSR count). The highest BCUT2D eigenvalue weighted by atomic mass is 35.5. The Morgan fingerprint density at radius 2 is 2.04 bits per heavy atom. The molecule has 9 nitrogen and oxygen atoms in total. The molecule has 4 atom stereocenters. The number of aromatic nitrogens is 2. The fourth-order valence-corrected chi connectivity index (χ4v) is 9.61. The highest BCUT2D eigenvalue weighted by Crippen LogP contribution is 2.51. The van der Waals surface area contributed by atoms with Crippen LogP contribution in [-0.4, -0.2) is 65.5 Å². The Kier molecular flexibility index (Phi) is 7.70. The van der Waals surface area contributed by atoms with Gasteiger partial charge in [0.15, 0.2) is 11.6 Å². The van der Waals surface area contributed by atoms with E-state index in [1.54, 1.807) is 0 Å². The van der Waals surface area contributed by atoms with E-state index >= 15 is 8.78 Å². The van der Waals surface area contributed by atoms with Gasteiger partial charge in [-0.15, -0.1) is 11.3 Å². The molecule has 4 aliphatic heterocycles. The SMILES string of the molecule is N#CCC1CCCN2c3nc(OC[C@@]45CCCN4C[C@H](F)C5)nc4c(F)c(-c5ccc(F)c6sc(N)c(C#N)c56)c(Cl)c(c34)OCC2C1. The molecule has 48 heavy (non-hydrogen) atoms. The van der Waals surface area contributed by atoms with E-state index in [9.17, 15) is 14.9 Å². The molecule has 2 N–H and O–H groups in total. The number of nitrogens with zero attached hydrogens (tertiary/aromatic N) is 6. The van der Waals surface area contributed by atoms with Crippen LogP contribution in [0.15, 0.2) is 12.1 Å². The molecule has 248 valence electrons. The van der Waals surface area contributed by atoms with Gasteiger partial charge in [0.05, 0.1) is 38.3 Å². The second kappa shape index (κ2) is 11.8. The summed E-state index contributed by atoms with van der Waals surface area (Å²) in [5, 5.41) is 19.9. The van der Waals surface area contributed by atoms with Gasteiger partial charge in [-0.1, -0.05) is 17.7 Å². The lowest BCUT2D eigenvalue weighted by molar-refractivity contribution is 0.107. The van der Waals surface area contributed by atoms with Crippen LogP contribution in [0.5, 0.6) is 11.8 Å². The van der Waals surface area contributed by atoms with Gasteiger partial charge >= 0.3 is 6.01 Å². The van der Waals surface area contributed by atoms with Gasteiger partial charge in [0.1, 0.15) is 47.6 Å². The lowest BCUT2D eigenvalue weighted by Crippen LogP contribution is -2.43. The Hall–Kier alpha value is -4.04. The van der Waals surface area contributed by atoms with Crippen LogP contribution in [0.3, 0.4) is 0 Å². The van der Waals surface area contributed by atoms with Crippen LogP contribution >= 0.6 is 22.9 Å². The van der Waals surface area contributed by atoms with Crippen LogP contribution in [0.4, 0.5) is 24.0 Å². The Balaban J connectivity index is 1.33. The van der Waals surface area contributed by atoms with Crippen LogP contribution in [0.1, 0.15) is 50.5 Å². The fourth-order valence-electron chi connectivity index (χ4n) is 8.33. The molecule has 0 spiro atoms. The number of anilines is 2. The summed E-state index contributed by atoms with van der Waals surface area (Å²) < 4.78 is 59.5. The number of nitrogen functional groups attached to an aromatic ring is 1. The number of rotatable bonds is 5. The van der Waals surface area contributed by atoms with Crippen LogP contribution < -0.4 is 20.1 Å². The van der Waals surface area contributed by atoms with Crippen LogP contribution in [0, 0.1) is 40.2 Å². The normalized spacial score (nSPS) is 25.2. The minimum Gasteiger partial charge on any atom is -0.489 e. The number of thiophene rings is 1. The van der Waals surface area contributed by atoms with Gasteiger partial charge in [0, 0.05) is 36.9 Å². The van der Waals surface area contributed by atoms with Gasteiger partial charge in [-0.2, -0.15) is 20.5 Å². The first-order chi connectivity index (χ1) is 23.2. The van der Waals surface area contributed by atoms with Gasteiger partial charge in [-0.25, -0.2) is 13.2 Å². The summed E-state index contributed by atoms with van der Waals surface area (Å²) in [6.45, 7) is 2.07. The topological polar surface area (TPSA) is 124 Å². The predicted molar refractivity (Wildman–Crippen MR) is 177 cm³/mol. The number of alkyl halides is 1. The summed E-state index contributed by atoms with van der Waals surface area (Å²) >= 11 is 7.96. The lowest BCUT2D eigenvalue weighted by Gasteiger charge is -2.32. The first-order valence-corrected chi connectivity index (χ1v) is 17.3. The number of hydrogen-bond donors (Lipinski definition) is 1. The van der Waals surface area contributed by atoms with E-state index in [-0.39, 0.29) is 84.6 Å². The van der Waals surface area contributed by atoms with Crippen molar-refractivity contribution in [3.63, 3.8) is 0 Å². The van der Waals surface area contributed by atoms with Crippen molar-refractivity contribution in [3.05, 3.63) is 34.4 Å². The standard InChI is InChI=1S/C34H31ClF3N7O2S/c35-26-24(20-4-5-22(37)30-23(20)21(13-40)31(41)48-30)27(38)28-25-29(26)46-15-19-11-17(6-8-39)3-1-10-45(19)32(25)43-33(42-28)47-16-34-7-2-9-44(34)14-18(36)12-34/h4-5,17-19H,1-3,6-7,9-12,14-16,41H2/t17?,18-,19?,34+/m1/s1. The number of ether oxygens (including phenoxy) is 2. The minimum atomic E-state index is -0.950. The van der Waals surface area contributed by atoms with E-state index in [2.05, 4.69) is 20.9 Å². The van der Waals surface area contributed by atoms with Crippen molar-refractivity contribution in [2.75, 3.05) is 43.5 Å². The van der Waals surface area contributed by atoms with Crippen LogP contribution in [0.2, 0.25) is 5.02 Å².